The van der Waals surface area contributed by atoms with E-state index in [0.717, 1.165) is 32.1 Å². The van der Waals surface area contributed by atoms with Crippen LogP contribution in [0.5, 0.6) is 0 Å². The molecule has 0 N–H and O–H groups in total. The zero-order chi connectivity index (χ0) is 36.4. The molecule has 50 heavy (non-hydrogen) atoms. The Bertz CT molecular complexity index is 720. The van der Waals surface area contributed by atoms with E-state index in [1.165, 1.54) is 173 Å². The number of carbonyl (C=O) groups is 2. The highest BCUT2D eigenvalue weighted by atomic mass is 16.6. The van der Waals surface area contributed by atoms with Gasteiger partial charge >= 0.3 is 11.9 Å². The van der Waals surface area contributed by atoms with Crippen molar-refractivity contribution in [1.82, 2.24) is 0 Å². The minimum atomic E-state index is -0.524. The van der Waals surface area contributed by atoms with Gasteiger partial charge in [0.05, 0.1) is 6.61 Å². The van der Waals surface area contributed by atoms with Crippen molar-refractivity contribution in [3.63, 3.8) is 0 Å². The maximum atomic E-state index is 12.6. The number of hydrogen-bond donors (Lipinski definition) is 0. The molecule has 0 aromatic rings. The van der Waals surface area contributed by atoms with Crippen molar-refractivity contribution in [3.05, 3.63) is 12.2 Å². The number of carbonyl (C=O) groups excluding carboxylic acids is 2. The predicted octanol–water partition coefficient (Wildman–Crippen LogP) is 14.3. The highest BCUT2D eigenvalue weighted by Gasteiger charge is 2.17. The average Bonchev–Trinajstić information content (AvgIpc) is 3.11. The van der Waals surface area contributed by atoms with Gasteiger partial charge in [-0.1, -0.05) is 193 Å². The summed E-state index contributed by atoms with van der Waals surface area (Å²) in [6.07, 6.45) is 44.9. The van der Waals surface area contributed by atoms with Gasteiger partial charge in [0.1, 0.15) is 6.61 Å². The molecule has 5 heteroatoms. The Morgan fingerprint density at radius 1 is 0.420 bits per heavy atom. The van der Waals surface area contributed by atoms with Crippen molar-refractivity contribution in [2.24, 2.45) is 0 Å². The third kappa shape index (κ3) is 39.4. The first-order valence-electron chi connectivity index (χ1n) is 22.2. The molecule has 0 bridgehead atoms. The lowest BCUT2D eigenvalue weighted by molar-refractivity contribution is -0.163. The van der Waals surface area contributed by atoms with Crippen LogP contribution in [-0.2, 0) is 23.8 Å². The van der Waals surface area contributed by atoms with Crippen LogP contribution in [0.15, 0.2) is 12.2 Å². The summed E-state index contributed by atoms with van der Waals surface area (Å²) >= 11 is 0. The van der Waals surface area contributed by atoms with Crippen LogP contribution in [0.1, 0.15) is 239 Å². The van der Waals surface area contributed by atoms with E-state index in [2.05, 4.69) is 32.9 Å². The highest BCUT2D eigenvalue weighted by molar-refractivity contribution is 5.70. The molecule has 5 nitrogen and oxygen atoms in total. The number of allylic oxidation sites excluding steroid dienone is 2. The molecule has 1 unspecified atom stereocenters. The average molecular weight is 707 g/mol. The summed E-state index contributed by atoms with van der Waals surface area (Å²) in [5.41, 5.74) is 0. The van der Waals surface area contributed by atoms with E-state index in [1.807, 2.05) is 0 Å². The van der Waals surface area contributed by atoms with Gasteiger partial charge in [-0.2, -0.15) is 0 Å². The van der Waals surface area contributed by atoms with Crippen LogP contribution in [0.3, 0.4) is 0 Å². The van der Waals surface area contributed by atoms with E-state index >= 15 is 0 Å². The monoisotopic (exact) mass is 707 g/mol. The fourth-order valence-corrected chi connectivity index (χ4v) is 6.45. The Kier molecular flexibility index (Phi) is 40.9. The van der Waals surface area contributed by atoms with Gasteiger partial charge in [-0.15, -0.1) is 0 Å². The maximum absolute atomic E-state index is 12.6. The Morgan fingerprint density at radius 2 is 0.780 bits per heavy atom. The van der Waals surface area contributed by atoms with Gasteiger partial charge < -0.3 is 14.2 Å². The number of rotatable bonds is 41. The molecule has 296 valence electrons. The smallest absolute Gasteiger partial charge is 0.306 e. The van der Waals surface area contributed by atoms with Crippen molar-refractivity contribution in [1.29, 1.82) is 0 Å². The number of hydrogen-bond acceptors (Lipinski definition) is 5. The van der Waals surface area contributed by atoms with Crippen LogP contribution >= 0.6 is 0 Å². The van der Waals surface area contributed by atoms with E-state index in [0.29, 0.717) is 26.1 Å². The van der Waals surface area contributed by atoms with Crippen molar-refractivity contribution in [2.75, 3.05) is 19.8 Å². The Labute approximate surface area is 312 Å². The van der Waals surface area contributed by atoms with Gasteiger partial charge in [-0.05, 0) is 44.9 Å². The Balaban J connectivity index is 4.10. The molecule has 0 aromatic carbocycles. The van der Waals surface area contributed by atoms with Crippen LogP contribution in [0.25, 0.3) is 0 Å². The van der Waals surface area contributed by atoms with Crippen LogP contribution in [0, 0.1) is 0 Å². The molecule has 0 heterocycles. The SMILES string of the molecule is CCCCCCCC/C=C\CCCCCCCCCC(=O)OCC(COCCCCCCCCCC)OC(=O)CCCCCCCCCCC. The molecule has 1 atom stereocenters. The topological polar surface area (TPSA) is 61.8 Å². The summed E-state index contributed by atoms with van der Waals surface area (Å²) in [5.74, 6) is -0.394. The first kappa shape index (κ1) is 48.6. The van der Waals surface area contributed by atoms with Crippen LogP contribution in [0.4, 0.5) is 0 Å². The van der Waals surface area contributed by atoms with Gasteiger partial charge in [0.25, 0.3) is 0 Å². The Morgan fingerprint density at radius 3 is 1.22 bits per heavy atom. The van der Waals surface area contributed by atoms with Crippen molar-refractivity contribution in [2.45, 2.75) is 245 Å². The normalized spacial score (nSPS) is 12.1. The molecular weight excluding hydrogens is 620 g/mol. The fourth-order valence-electron chi connectivity index (χ4n) is 6.45. The summed E-state index contributed by atoms with van der Waals surface area (Å²) < 4.78 is 17.2. The van der Waals surface area contributed by atoms with E-state index < -0.39 is 6.10 Å². The third-order valence-electron chi connectivity index (χ3n) is 9.80. The van der Waals surface area contributed by atoms with Crippen molar-refractivity contribution < 1.29 is 23.8 Å². The first-order chi connectivity index (χ1) is 24.6. The van der Waals surface area contributed by atoms with Crippen LogP contribution in [-0.4, -0.2) is 37.9 Å². The van der Waals surface area contributed by atoms with Crippen LogP contribution < -0.4 is 0 Å². The van der Waals surface area contributed by atoms with Gasteiger partial charge in [0.15, 0.2) is 6.10 Å². The highest BCUT2D eigenvalue weighted by Crippen LogP contribution is 2.14. The molecule has 0 aromatic heterocycles. The van der Waals surface area contributed by atoms with Gasteiger partial charge in [0, 0.05) is 19.4 Å². The number of ether oxygens (including phenoxy) is 3. The van der Waals surface area contributed by atoms with Gasteiger partial charge in [0.2, 0.25) is 0 Å². The molecule has 0 saturated heterocycles. The largest absolute Gasteiger partial charge is 0.462 e. The van der Waals surface area contributed by atoms with Gasteiger partial charge in [-0.3, -0.25) is 9.59 Å². The zero-order valence-electron chi connectivity index (χ0n) is 33.9. The second kappa shape index (κ2) is 42.1. The lowest BCUT2D eigenvalue weighted by Crippen LogP contribution is -2.30. The summed E-state index contributed by atoms with van der Waals surface area (Å²) in [6, 6.07) is 0. The van der Waals surface area contributed by atoms with E-state index in [-0.39, 0.29) is 18.5 Å². The minimum absolute atomic E-state index is 0.0904. The third-order valence-corrected chi connectivity index (χ3v) is 9.80. The predicted molar refractivity (Wildman–Crippen MR) is 215 cm³/mol. The second-order valence-corrected chi connectivity index (χ2v) is 15.0. The molecule has 0 aliphatic carbocycles. The minimum Gasteiger partial charge on any atom is -0.462 e. The molecule has 0 aliphatic heterocycles. The lowest BCUT2D eigenvalue weighted by Gasteiger charge is -2.18. The van der Waals surface area contributed by atoms with E-state index in [4.69, 9.17) is 14.2 Å². The standard InChI is InChI=1S/C45H86O5/c1-4-7-10-13-16-19-20-21-22-23-24-25-26-28-29-32-35-38-44(46)49-42-43(41-48-40-37-34-31-18-15-12-9-6-3)50-45(47)39-36-33-30-27-17-14-11-8-5-2/h21-22,43H,4-20,23-42H2,1-3H3/b22-21-. The molecule has 0 rings (SSSR count). The van der Waals surface area contributed by atoms with Gasteiger partial charge in [-0.25, -0.2) is 0 Å². The van der Waals surface area contributed by atoms with Crippen LogP contribution in [0.2, 0.25) is 0 Å². The molecular formula is C45H86O5. The quantitative estimate of drug-likeness (QED) is 0.0360. The fraction of sp³-hybridized carbons (Fsp3) is 0.911. The summed E-state index contributed by atoms with van der Waals surface area (Å²) in [5, 5.41) is 0. The zero-order valence-corrected chi connectivity index (χ0v) is 33.9. The molecule has 0 aliphatic rings. The summed E-state index contributed by atoms with van der Waals surface area (Å²) in [7, 11) is 0. The van der Waals surface area contributed by atoms with E-state index in [9.17, 15) is 9.59 Å². The molecule has 0 saturated carbocycles. The first-order valence-corrected chi connectivity index (χ1v) is 22.2. The van der Waals surface area contributed by atoms with E-state index in [1.54, 1.807) is 0 Å². The van der Waals surface area contributed by atoms with Crippen molar-refractivity contribution >= 4 is 11.9 Å². The molecule has 0 amide bonds. The molecule has 0 spiro atoms. The lowest BCUT2D eigenvalue weighted by atomic mass is 10.1. The van der Waals surface area contributed by atoms with Crippen molar-refractivity contribution in [3.8, 4) is 0 Å². The Hall–Kier alpha value is -1.36. The summed E-state index contributed by atoms with van der Waals surface area (Å²) in [6.45, 7) is 7.82. The number of unbranched alkanes of at least 4 members (excludes halogenated alkanes) is 28. The second-order valence-electron chi connectivity index (χ2n) is 15.0. The maximum Gasteiger partial charge on any atom is 0.306 e. The number of esters is 2. The summed E-state index contributed by atoms with van der Waals surface area (Å²) in [4.78, 5) is 25.1. The molecule has 0 radical (unpaired) electrons. The molecule has 0 fully saturated rings.